The molecule has 2 aromatic carbocycles. The average molecular weight is 428 g/mol. The summed E-state index contributed by atoms with van der Waals surface area (Å²) in [6.45, 7) is 8.06. The summed E-state index contributed by atoms with van der Waals surface area (Å²) in [4.78, 5) is 24.3. The number of aromatic nitrogens is 3. The van der Waals surface area contributed by atoms with Gasteiger partial charge in [0.25, 0.3) is 5.91 Å². The minimum absolute atomic E-state index is 0.0482. The molecule has 0 unspecified atom stereocenters. The SMILES string of the molecule is CCN(CC)CCCNC(=O)c1ccc(-n2c(-c3ccccc3)nc3cccnc32)cc1. The second-order valence-electron chi connectivity index (χ2n) is 7.67. The Hall–Kier alpha value is -3.51. The first-order valence-electron chi connectivity index (χ1n) is 11.2. The number of carbonyl (C=O) groups excluding carboxylic acids is 1. The Bertz CT molecular complexity index is 1160. The maximum Gasteiger partial charge on any atom is 0.251 e. The van der Waals surface area contributed by atoms with Gasteiger partial charge in [-0.3, -0.25) is 9.36 Å². The zero-order valence-corrected chi connectivity index (χ0v) is 18.7. The first-order valence-corrected chi connectivity index (χ1v) is 11.2. The summed E-state index contributed by atoms with van der Waals surface area (Å²) in [6.07, 6.45) is 2.72. The number of nitrogens with zero attached hydrogens (tertiary/aromatic N) is 4. The van der Waals surface area contributed by atoms with E-state index in [2.05, 4.69) is 29.0 Å². The van der Waals surface area contributed by atoms with Gasteiger partial charge in [0, 0.05) is 29.6 Å². The van der Waals surface area contributed by atoms with Crippen LogP contribution in [-0.2, 0) is 0 Å². The molecular formula is C26H29N5O. The minimum atomic E-state index is -0.0482. The molecule has 32 heavy (non-hydrogen) atoms. The van der Waals surface area contributed by atoms with Crippen molar-refractivity contribution in [3.05, 3.63) is 78.5 Å². The fourth-order valence-electron chi connectivity index (χ4n) is 3.85. The van der Waals surface area contributed by atoms with E-state index in [1.165, 1.54) is 0 Å². The summed E-state index contributed by atoms with van der Waals surface area (Å²) < 4.78 is 2.04. The molecule has 1 amide bonds. The van der Waals surface area contributed by atoms with Crippen LogP contribution in [0, 0.1) is 0 Å². The highest BCUT2D eigenvalue weighted by molar-refractivity contribution is 5.94. The summed E-state index contributed by atoms with van der Waals surface area (Å²) in [5, 5.41) is 3.03. The Kier molecular flexibility index (Phi) is 6.92. The number of fused-ring (bicyclic) bond motifs is 1. The molecule has 0 radical (unpaired) electrons. The number of imidazole rings is 1. The lowest BCUT2D eigenvalue weighted by atomic mass is 10.1. The summed E-state index contributed by atoms with van der Waals surface area (Å²) in [5.41, 5.74) is 4.21. The van der Waals surface area contributed by atoms with Crippen molar-refractivity contribution in [2.45, 2.75) is 20.3 Å². The van der Waals surface area contributed by atoms with Crippen molar-refractivity contribution >= 4 is 17.1 Å². The molecule has 4 aromatic rings. The van der Waals surface area contributed by atoms with Gasteiger partial charge in [-0.2, -0.15) is 0 Å². The standard InChI is InChI=1S/C26H29N5O/c1-3-30(4-2)19-9-18-28-26(32)21-13-15-22(16-14-21)31-24(20-10-6-5-7-11-20)29-23-12-8-17-27-25(23)31/h5-8,10-17H,3-4,9,18-19H2,1-2H3,(H,28,32). The van der Waals surface area contributed by atoms with E-state index in [4.69, 9.17) is 4.98 Å². The molecule has 164 valence electrons. The van der Waals surface area contributed by atoms with Crippen LogP contribution in [0.5, 0.6) is 0 Å². The number of amides is 1. The van der Waals surface area contributed by atoms with Crippen LogP contribution in [0.3, 0.4) is 0 Å². The van der Waals surface area contributed by atoms with Gasteiger partial charge in [0.05, 0.1) is 0 Å². The summed E-state index contributed by atoms with van der Waals surface area (Å²) in [7, 11) is 0. The first kappa shape index (κ1) is 21.7. The predicted octanol–water partition coefficient (Wildman–Crippen LogP) is 4.55. The van der Waals surface area contributed by atoms with Crippen molar-refractivity contribution in [1.82, 2.24) is 24.8 Å². The van der Waals surface area contributed by atoms with E-state index in [0.717, 1.165) is 54.3 Å². The molecule has 0 saturated carbocycles. The van der Waals surface area contributed by atoms with Crippen LogP contribution in [0.25, 0.3) is 28.2 Å². The summed E-state index contributed by atoms with van der Waals surface area (Å²) >= 11 is 0. The molecule has 0 aliphatic heterocycles. The molecule has 0 aliphatic carbocycles. The van der Waals surface area contributed by atoms with Crippen molar-refractivity contribution in [2.75, 3.05) is 26.2 Å². The van der Waals surface area contributed by atoms with E-state index in [9.17, 15) is 4.79 Å². The van der Waals surface area contributed by atoms with Gasteiger partial charge in [0.2, 0.25) is 0 Å². The molecule has 0 saturated heterocycles. The van der Waals surface area contributed by atoms with Crippen LogP contribution in [0.1, 0.15) is 30.6 Å². The maximum absolute atomic E-state index is 12.6. The van der Waals surface area contributed by atoms with Crippen molar-refractivity contribution in [1.29, 1.82) is 0 Å². The lowest BCUT2D eigenvalue weighted by Crippen LogP contribution is -2.29. The summed E-state index contributed by atoms with van der Waals surface area (Å²) in [5.74, 6) is 0.779. The van der Waals surface area contributed by atoms with Crippen molar-refractivity contribution in [2.24, 2.45) is 0 Å². The van der Waals surface area contributed by atoms with E-state index >= 15 is 0 Å². The zero-order valence-electron chi connectivity index (χ0n) is 18.7. The number of pyridine rings is 1. The lowest BCUT2D eigenvalue weighted by molar-refractivity contribution is 0.0952. The monoisotopic (exact) mass is 427 g/mol. The third-order valence-corrected chi connectivity index (χ3v) is 5.67. The number of benzene rings is 2. The smallest absolute Gasteiger partial charge is 0.251 e. The maximum atomic E-state index is 12.6. The van der Waals surface area contributed by atoms with E-state index in [1.54, 1.807) is 6.20 Å². The van der Waals surface area contributed by atoms with Gasteiger partial charge < -0.3 is 10.2 Å². The quantitative estimate of drug-likeness (QED) is 0.398. The number of nitrogens with one attached hydrogen (secondary N) is 1. The molecule has 0 atom stereocenters. The largest absolute Gasteiger partial charge is 0.352 e. The molecule has 0 fully saturated rings. The van der Waals surface area contributed by atoms with Crippen molar-refractivity contribution in [3.63, 3.8) is 0 Å². The normalized spacial score (nSPS) is 11.2. The van der Waals surface area contributed by atoms with E-state index in [0.29, 0.717) is 12.1 Å². The van der Waals surface area contributed by atoms with Crippen LogP contribution in [-0.4, -0.2) is 51.5 Å². The topological polar surface area (TPSA) is 63.1 Å². The predicted molar refractivity (Wildman–Crippen MR) is 129 cm³/mol. The van der Waals surface area contributed by atoms with Crippen LogP contribution < -0.4 is 5.32 Å². The van der Waals surface area contributed by atoms with Crippen LogP contribution in [0.2, 0.25) is 0 Å². The molecule has 6 heteroatoms. The Morgan fingerprint density at radius 2 is 1.72 bits per heavy atom. The molecule has 0 aliphatic rings. The number of carbonyl (C=O) groups is 1. The number of hydrogen-bond donors (Lipinski definition) is 1. The Morgan fingerprint density at radius 1 is 0.969 bits per heavy atom. The molecule has 0 bridgehead atoms. The van der Waals surface area contributed by atoms with E-state index in [1.807, 2.05) is 71.3 Å². The van der Waals surface area contributed by atoms with Gasteiger partial charge in [0.1, 0.15) is 11.3 Å². The number of rotatable bonds is 9. The molecule has 2 heterocycles. The Labute approximate surface area is 188 Å². The van der Waals surface area contributed by atoms with Crippen molar-refractivity contribution < 1.29 is 4.79 Å². The van der Waals surface area contributed by atoms with Gasteiger partial charge in [-0.25, -0.2) is 9.97 Å². The zero-order chi connectivity index (χ0) is 22.3. The molecule has 1 N–H and O–H groups in total. The highest BCUT2D eigenvalue weighted by atomic mass is 16.1. The van der Waals surface area contributed by atoms with Gasteiger partial charge >= 0.3 is 0 Å². The fraction of sp³-hybridized carbons (Fsp3) is 0.269. The van der Waals surface area contributed by atoms with E-state index < -0.39 is 0 Å². The van der Waals surface area contributed by atoms with Crippen LogP contribution in [0.4, 0.5) is 0 Å². The number of hydrogen-bond acceptors (Lipinski definition) is 4. The Morgan fingerprint density at radius 3 is 2.44 bits per heavy atom. The highest BCUT2D eigenvalue weighted by Gasteiger charge is 2.15. The second-order valence-corrected chi connectivity index (χ2v) is 7.67. The second kappa shape index (κ2) is 10.2. The summed E-state index contributed by atoms with van der Waals surface area (Å²) in [6, 6.07) is 21.5. The molecule has 2 aromatic heterocycles. The molecule has 4 rings (SSSR count). The minimum Gasteiger partial charge on any atom is -0.352 e. The van der Waals surface area contributed by atoms with Gasteiger partial charge in [-0.05, 0) is 62.5 Å². The first-order chi connectivity index (χ1) is 15.7. The third kappa shape index (κ3) is 4.70. The van der Waals surface area contributed by atoms with Crippen molar-refractivity contribution in [3.8, 4) is 17.1 Å². The highest BCUT2D eigenvalue weighted by Crippen LogP contribution is 2.27. The van der Waals surface area contributed by atoms with Gasteiger partial charge in [0.15, 0.2) is 5.65 Å². The average Bonchev–Trinajstić information content (AvgIpc) is 3.24. The molecule has 0 spiro atoms. The molecule has 6 nitrogen and oxygen atoms in total. The Balaban J connectivity index is 1.54. The van der Waals surface area contributed by atoms with E-state index in [-0.39, 0.29) is 5.91 Å². The van der Waals surface area contributed by atoms with Gasteiger partial charge in [-0.15, -0.1) is 0 Å². The molecular weight excluding hydrogens is 398 g/mol. The van der Waals surface area contributed by atoms with Crippen LogP contribution >= 0.6 is 0 Å². The fourth-order valence-corrected chi connectivity index (χ4v) is 3.85. The van der Waals surface area contributed by atoms with Gasteiger partial charge in [-0.1, -0.05) is 44.2 Å². The third-order valence-electron chi connectivity index (χ3n) is 5.67. The van der Waals surface area contributed by atoms with Crippen LogP contribution in [0.15, 0.2) is 72.9 Å². The lowest BCUT2D eigenvalue weighted by Gasteiger charge is -2.17.